The van der Waals surface area contributed by atoms with E-state index in [0.29, 0.717) is 68.2 Å². The number of benzene rings is 4. The highest BCUT2D eigenvalue weighted by Gasteiger charge is 2.55. The molecule has 0 spiro atoms. The molecule has 10 nitrogen and oxygen atoms in total. The van der Waals surface area contributed by atoms with E-state index in [1.807, 2.05) is 24.3 Å². The van der Waals surface area contributed by atoms with E-state index in [-0.39, 0.29) is 13.2 Å². The molecule has 4 aromatic rings. The Morgan fingerprint density at radius 3 is 1.12 bits per heavy atom. The van der Waals surface area contributed by atoms with E-state index >= 15 is 0 Å². The fourth-order valence-corrected chi connectivity index (χ4v) is 7.18. The number of methoxy groups -OCH3 is 8. The molecule has 0 fully saturated rings. The Bertz CT molecular complexity index is 1730. The molecule has 5 rings (SSSR count). The minimum atomic E-state index is -1.29. The van der Waals surface area contributed by atoms with Gasteiger partial charge >= 0.3 is 0 Å². The first-order chi connectivity index (χ1) is 23.9. The van der Waals surface area contributed by atoms with Crippen molar-refractivity contribution >= 4 is 0 Å². The Kier molecular flexibility index (Phi) is 10.6. The highest BCUT2D eigenvalue weighted by molar-refractivity contribution is 5.92. The van der Waals surface area contributed by atoms with Crippen LogP contribution in [0.15, 0.2) is 74.2 Å². The van der Waals surface area contributed by atoms with Crippen LogP contribution in [0.1, 0.15) is 33.4 Å². The second-order valence-electron chi connectivity index (χ2n) is 10.8. The van der Waals surface area contributed by atoms with E-state index in [1.165, 1.54) is 12.5 Å². The van der Waals surface area contributed by atoms with Gasteiger partial charge in [0.25, 0.3) is 0 Å². The second kappa shape index (κ2) is 14.8. The molecule has 0 heterocycles. The zero-order valence-electron chi connectivity index (χ0n) is 29.2. The van der Waals surface area contributed by atoms with Crippen molar-refractivity contribution in [3.8, 4) is 57.1 Å². The maximum absolute atomic E-state index is 6.39. The second-order valence-corrected chi connectivity index (χ2v) is 10.8. The van der Waals surface area contributed by atoms with Gasteiger partial charge in [-0.15, -0.1) is 0 Å². The zero-order valence-corrected chi connectivity index (χ0v) is 29.2. The molecule has 0 radical (unpaired) electrons. The molecule has 0 atom stereocenters. The van der Waals surface area contributed by atoms with Crippen LogP contribution < -0.4 is 37.9 Å². The van der Waals surface area contributed by atoms with Crippen LogP contribution in [0.4, 0.5) is 0 Å². The van der Waals surface area contributed by atoms with Crippen molar-refractivity contribution in [1.29, 1.82) is 0 Å². The third-order valence-electron chi connectivity index (χ3n) is 8.74. The molecule has 49 heavy (non-hydrogen) atoms. The zero-order chi connectivity index (χ0) is 35.3. The minimum absolute atomic E-state index is 0.0949. The molecule has 0 saturated heterocycles. The molecule has 0 aliphatic heterocycles. The number of fused-ring (bicyclic) bond motifs is 3. The summed E-state index contributed by atoms with van der Waals surface area (Å²) in [6, 6.07) is 16.3. The van der Waals surface area contributed by atoms with Crippen LogP contribution in [0.25, 0.3) is 11.1 Å². The van der Waals surface area contributed by atoms with Crippen molar-refractivity contribution < 1.29 is 47.4 Å². The van der Waals surface area contributed by atoms with E-state index in [2.05, 4.69) is 37.4 Å². The first-order valence-electron chi connectivity index (χ1n) is 15.4. The summed E-state index contributed by atoms with van der Waals surface area (Å²) in [6.45, 7) is 7.79. The quantitative estimate of drug-likeness (QED) is 0.0987. The van der Waals surface area contributed by atoms with Gasteiger partial charge < -0.3 is 47.4 Å². The molecule has 258 valence electrons. The van der Waals surface area contributed by atoms with Crippen LogP contribution in [0, 0.1) is 0 Å². The molecule has 10 heteroatoms. The van der Waals surface area contributed by atoms with E-state index < -0.39 is 5.41 Å². The Hall–Kier alpha value is -5.32. The molecule has 0 aromatic heterocycles. The Morgan fingerprint density at radius 1 is 0.469 bits per heavy atom. The third kappa shape index (κ3) is 5.19. The van der Waals surface area contributed by atoms with Crippen molar-refractivity contribution in [3.05, 3.63) is 108 Å². The lowest BCUT2D eigenvalue weighted by Gasteiger charge is -2.39. The number of hydrogen-bond acceptors (Lipinski definition) is 10. The molecule has 0 bridgehead atoms. The van der Waals surface area contributed by atoms with Gasteiger partial charge in [-0.25, -0.2) is 0 Å². The summed E-state index contributed by atoms with van der Waals surface area (Å²) in [7, 11) is 12.6. The van der Waals surface area contributed by atoms with Crippen molar-refractivity contribution in [1.82, 2.24) is 0 Å². The first kappa shape index (κ1) is 35.0. The minimum Gasteiger partial charge on any atom is -0.496 e. The summed E-state index contributed by atoms with van der Waals surface area (Å²) in [6.07, 6.45) is 2.63. The maximum Gasteiger partial charge on any atom is 0.204 e. The Labute approximate surface area is 287 Å². The van der Waals surface area contributed by atoms with Crippen LogP contribution in [0.2, 0.25) is 0 Å². The summed E-state index contributed by atoms with van der Waals surface area (Å²) in [5.41, 5.74) is 4.72. The smallest absolute Gasteiger partial charge is 0.204 e. The topological polar surface area (TPSA) is 92.3 Å². The molecule has 4 aromatic carbocycles. The molecule has 1 aliphatic carbocycles. The standard InChI is InChI=1S/C39H42O10/c1-11-48-33-25(21-40-3)31(42-5)29(35(44-7)37(33)46-9)39(27-19-15-13-17-23(27)24-18-14-16-20-28(24)39)30-32(43-6)26(22-41-4)34(49-12-2)38(47-10)36(30)45-8/h11-20H,1-2,21-22H2,3-10H3. The average Bonchev–Trinajstić information content (AvgIpc) is 3.42. The monoisotopic (exact) mass is 670 g/mol. The number of ether oxygens (including phenoxy) is 10. The lowest BCUT2D eigenvalue weighted by atomic mass is 9.65. The highest BCUT2D eigenvalue weighted by atomic mass is 16.5. The molecule has 0 N–H and O–H groups in total. The fraction of sp³-hybridized carbons (Fsp3) is 0.282. The van der Waals surface area contributed by atoms with Crippen molar-refractivity contribution in [3.63, 3.8) is 0 Å². The summed E-state index contributed by atoms with van der Waals surface area (Å²) < 4.78 is 61.1. The lowest BCUT2D eigenvalue weighted by Crippen LogP contribution is -2.32. The highest BCUT2D eigenvalue weighted by Crippen LogP contribution is 2.68. The van der Waals surface area contributed by atoms with Gasteiger partial charge in [-0.2, -0.15) is 0 Å². The van der Waals surface area contributed by atoms with Crippen molar-refractivity contribution in [2.24, 2.45) is 0 Å². The molecular formula is C39H42O10. The predicted octanol–water partition coefficient (Wildman–Crippen LogP) is 7.44. The Balaban J connectivity index is 2.23. The third-order valence-corrected chi connectivity index (χ3v) is 8.74. The van der Waals surface area contributed by atoms with Gasteiger partial charge in [0.2, 0.25) is 11.5 Å². The van der Waals surface area contributed by atoms with Crippen LogP contribution >= 0.6 is 0 Å². The van der Waals surface area contributed by atoms with Crippen LogP contribution in [0.3, 0.4) is 0 Å². The molecule has 0 unspecified atom stereocenters. The van der Waals surface area contributed by atoms with E-state index in [9.17, 15) is 0 Å². The summed E-state index contributed by atoms with van der Waals surface area (Å²) in [4.78, 5) is 0. The van der Waals surface area contributed by atoms with Crippen LogP contribution in [-0.2, 0) is 28.1 Å². The fourth-order valence-electron chi connectivity index (χ4n) is 7.18. The van der Waals surface area contributed by atoms with E-state index in [0.717, 1.165) is 22.3 Å². The SMILES string of the molecule is C=COc1c(COC)c(OC)c(C2(c3c(OC)c(COC)c(OC=C)c(OC)c3OC)c3ccccc3-c3ccccc32)c(OC)c1OC. The molecular weight excluding hydrogens is 628 g/mol. The van der Waals surface area contributed by atoms with Crippen molar-refractivity contribution in [2.75, 3.05) is 56.9 Å². The molecule has 1 aliphatic rings. The van der Waals surface area contributed by atoms with Gasteiger partial charge in [0, 0.05) is 14.2 Å². The maximum atomic E-state index is 6.39. The number of hydrogen-bond donors (Lipinski definition) is 0. The van der Waals surface area contributed by atoms with Crippen molar-refractivity contribution in [2.45, 2.75) is 18.6 Å². The summed E-state index contributed by atoms with van der Waals surface area (Å²) >= 11 is 0. The van der Waals surface area contributed by atoms with E-state index in [4.69, 9.17) is 47.4 Å². The van der Waals surface area contributed by atoms with Gasteiger partial charge in [0.05, 0.1) is 96.1 Å². The first-order valence-corrected chi connectivity index (χ1v) is 15.4. The molecule has 0 amide bonds. The van der Waals surface area contributed by atoms with Gasteiger partial charge in [0.15, 0.2) is 23.0 Å². The normalized spacial score (nSPS) is 12.3. The van der Waals surface area contributed by atoms with Gasteiger partial charge in [0.1, 0.15) is 11.5 Å². The summed E-state index contributed by atoms with van der Waals surface area (Å²) in [5.74, 6) is 2.79. The Morgan fingerprint density at radius 2 is 0.816 bits per heavy atom. The van der Waals surface area contributed by atoms with Gasteiger partial charge in [-0.1, -0.05) is 61.7 Å². The molecule has 0 saturated carbocycles. The predicted molar refractivity (Wildman–Crippen MR) is 186 cm³/mol. The van der Waals surface area contributed by atoms with Crippen LogP contribution in [0.5, 0.6) is 46.0 Å². The largest absolute Gasteiger partial charge is 0.496 e. The summed E-state index contributed by atoms with van der Waals surface area (Å²) in [5, 5.41) is 0. The number of rotatable bonds is 16. The van der Waals surface area contributed by atoms with Gasteiger partial charge in [-0.05, 0) is 22.3 Å². The lowest BCUT2D eigenvalue weighted by molar-refractivity contribution is 0.176. The average molecular weight is 671 g/mol. The van der Waals surface area contributed by atoms with Gasteiger partial charge in [-0.3, -0.25) is 0 Å². The van der Waals surface area contributed by atoms with Crippen LogP contribution in [-0.4, -0.2) is 56.9 Å². The van der Waals surface area contributed by atoms with E-state index in [1.54, 1.807) is 56.9 Å².